The van der Waals surface area contributed by atoms with Crippen LogP contribution in [0.3, 0.4) is 0 Å². The van der Waals surface area contributed by atoms with E-state index in [2.05, 4.69) is 5.32 Å². The van der Waals surface area contributed by atoms with Gasteiger partial charge in [-0.1, -0.05) is 12.1 Å². The van der Waals surface area contributed by atoms with Crippen molar-refractivity contribution >= 4 is 21.5 Å². The number of methoxy groups -OCH3 is 1. The van der Waals surface area contributed by atoms with E-state index >= 15 is 0 Å². The molecule has 1 aromatic rings. The first-order chi connectivity index (χ1) is 9.81. The largest absolute Gasteiger partial charge is 0.497 e. The van der Waals surface area contributed by atoms with E-state index in [1.807, 2.05) is 0 Å². The number of carbonyl (C=O) groups is 2. The fourth-order valence-electron chi connectivity index (χ4n) is 1.63. The third-order valence-electron chi connectivity index (χ3n) is 2.77. The zero-order chi connectivity index (χ0) is 15.9. The number of ether oxygens (including phenoxy) is 1. The molecule has 0 heterocycles. The number of benzene rings is 1. The average molecular weight is 313 g/mol. The Kier molecular flexibility index (Phi) is 6.36. The highest BCUT2D eigenvalue weighted by atomic mass is 32.2. The molecule has 21 heavy (non-hydrogen) atoms. The second-order valence-corrected chi connectivity index (χ2v) is 6.89. The van der Waals surface area contributed by atoms with Crippen LogP contribution in [-0.4, -0.2) is 45.8 Å². The minimum Gasteiger partial charge on any atom is -0.497 e. The van der Waals surface area contributed by atoms with Gasteiger partial charge in [0, 0.05) is 31.2 Å². The van der Waals surface area contributed by atoms with Crippen LogP contribution in [0.4, 0.5) is 0 Å². The van der Waals surface area contributed by atoms with Crippen molar-refractivity contribution in [2.24, 2.45) is 0 Å². The summed E-state index contributed by atoms with van der Waals surface area (Å²) >= 11 is 0. The van der Waals surface area contributed by atoms with Gasteiger partial charge in [-0.15, -0.1) is 0 Å². The number of hydrogen-bond acceptors (Lipinski definition) is 5. The molecule has 0 spiro atoms. The number of sulfone groups is 1. The van der Waals surface area contributed by atoms with E-state index in [0.29, 0.717) is 11.3 Å². The molecule has 116 valence electrons. The lowest BCUT2D eigenvalue weighted by molar-refractivity contribution is -0.120. The highest BCUT2D eigenvalue weighted by Crippen LogP contribution is 2.14. The standard InChI is InChI=1S/C14H19NO5S/c1-20-12-5-3-4-11(10-12)13(16)6-7-14(17)15-8-9-21(2,18)19/h3-5,10H,6-9H2,1-2H3,(H,15,17). The minimum absolute atomic E-state index is 0.0276. The predicted octanol–water partition coefficient (Wildman–Crippen LogP) is 0.819. The topological polar surface area (TPSA) is 89.5 Å². The van der Waals surface area contributed by atoms with Crippen LogP contribution in [0.15, 0.2) is 24.3 Å². The molecular weight excluding hydrogens is 294 g/mol. The molecule has 0 fully saturated rings. The van der Waals surface area contributed by atoms with Gasteiger partial charge in [0.25, 0.3) is 0 Å². The molecule has 1 amide bonds. The van der Waals surface area contributed by atoms with E-state index < -0.39 is 9.84 Å². The van der Waals surface area contributed by atoms with Gasteiger partial charge in [-0.05, 0) is 12.1 Å². The van der Waals surface area contributed by atoms with Crippen molar-refractivity contribution in [2.45, 2.75) is 12.8 Å². The van der Waals surface area contributed by atoms with E-state index in [9.17, 15) is 18.0 Å². The molecule has 0 aliphatic rings. The van der Waals surface area contributed by atoms with Crippen LogP contribution < -0.4 is 10.1 Å². The Bertz CT molecular complexity index is 610. The second-order valence-electron chi connectivity index (χ2n) is 4.63. The lowest BCUT2D eigenvalue weighted by atomic mass is 10.1. The third-order valence-corrected chi connectivity index (χ3v) is 3.71. The Hall–Kier alpha value is -1.89. The van der Waals surface area contributed by atoms with E-state index in [-0.39, 0.29) is 36.8 Å². The molecule has 1 rings (SSSR count). The summed E-state index contributed by atoms with van der Waals surface area (Å²) in [7, 11) is -1.58. The van der Waals surface area contributed by atoms with Gasteiger partial charge in [-0.3, -0.25) is 9.59 Å². The highest BCUT2D eigenvalue weighted by Gasteiger charge is 2.10. The number of carbonyl (C=O) groups excluding carboxylic acids is 2. The minimum atomic E-state index is -3.10. The normalized spacial score (nSPS) is 11.0. The monoisotopic (exact) mass is 313 g/mol. The van der Waals surface area contributed by atoms with Gasteiger partial charge in [-0.25, -0.2) is 8.42 Å². The number of rotatable bonds is 8. The van der Waals surface area contributed by atoms with E-state index in [1.165, 1.54) is 7.11 Å². The van der Waals surface area contributed by atoms with Crippen molar-refractivity contribution in [2.75, 3.05) is 25.7 Å². The van der Waals surface area contributed by atoms with E-state index in [1.54, 1.807) is 24.3 Å². The number of ketones is 1. The molecule has 0 aliphatic heterocycles. The average Bonchev–Trinajstić information content (AvgIpc) is 2.43. The van der Waals surface area contributed by atoms with Crippen molar-refractivity contribution in [3.8, 4) is 5.75 Å². The third kappa shape index (κ3) is 6.89. The zero-order valence-electron chi connectivity index (χ0n) is 12.1. The number of hydrogen-bond donors (Lipinski definition) is 1. The SMILES string of the molecule is COc1cccc(C(=O)CCC(=O)NCCS(C)(=O)=O)c1. The van der Waals surface area contributed by atoms with Crippen molar-refractivity contribution in [3.05, 3.63) is 29.8 Å². The van der Waals surface area contributed by atoms with Crippen molar-refractivity contribution in [3.63, 3.8) is 0 Å². The Morgan fingerprint density at radius 3 is 2.57 bits per heavy atom. The van der Waals surface area contributed by atoms with Crippen molar-refractivity contribution in [1.82, 2.24) is 5.32 Å². The summed E-state index contributed by atoms with van der Waals surface area (Å²) in [5.74, 6) is -0.0248. The molecule has 0 saturated heterocycles. The summed E-state index contributed by atoms with van der Waals surface area (Å²) in [6.07, 6.45) is 1.20. The van der Waals surface area contributed by atoms with Crippen LogP contribution in [-0.2, 0) is 14.6 Å². The lowest BCUT2D eigenvalue weighted by Crippen LogP contribution is -2.29. The van der Waals surface area contributed by atoms with Gasteiger partial charge in [0.05, 0.1) is 12.9 Å². The van der Waals surface area contributed by atoms with Crippen molar-refractivity contribution < 1.29 is 22.7 Å². The van der Waals surface area contributed by atoms with Gasteiger partial charge >= 0.3 is 0 Å². The van der Waals surface area contributed by atoms with Gasteiger partial charge in [0.1, 0.15) is 15.6 Å². The van der Waals surface area contributed by atoms with Crippen LogP contribution in [0.5, 0.6) is 5.75 Å². The smallest absolute Gasteiger partial charge is 0.220 e. The summed E-state index contributed by atoms with van der Waals surface area (Å²) < 4.78 is 26.8. The molecule has 0 aliphatic carbocycles. The number of nitrogens with one attached hydrogen (secondary N) is 1. The maximum Gasteiger partial charge on any atom is 0.220 e. The Morgan fingerprint density at radius 1 is 1.24 bits per heavy atom. The zero-order valence-corrected chi connectivity index (χ0v) is 12.9. The molecule has 0 bridgehead atoms. The Labute approximate surface area is 124 Å². The van der Waals surface area contributed by atoms with Crippen LogP contribution in [0.2, 0.25) is 0 Å². The fraction of sp³-hybridized carbons (Fsp3) is 0.429. The summed E-state index contributed by atoms with van der Waals surface area (Å²) in [5, 5.41) is 2.47. The highest BCUT2D eigenvalue weighted by molar-refractivity contribution is 7.90. The summed E-state index contributed by atoms with van der Waals surface area (Å²) in [4.78, 5) is 23.4. The van der Waals surface area contributed by atoms with Gasteiger partial charge in [-0.2, -0.15) is 0 Å². The molecule has 0 unspecified atom stereocenters. The molecule has 0 aromatic heterocycles. The molecule has 1 aromatic carbocycles. The summed E-state index contributed by atoms with van der Waals surface area (Å²) in [5.41, 5.74) is 0.485. The van der Waals surface area contributed by atoms with Crippen molar-refractivity contribution in [1.29, 1.82) is 0 Å². The molecular formula is C14H19NO5S. The quantitative estimate of drug-likeness (QED) is 0.718. The first-order valence-corrected chi connectivity index (χ1v) is 8.49. The molecule has 1 N–H and O–H groups in total. The van der Waals surface area contributed by atoms with Crippen LogP contribution in [0, 0.1) is 0 Å². The number of Topliss-reactive ketones (excluding diaryl/α,β-unsaturated/α-hetero) is 1. The Morgan fingerprint density at radius 2 is 1.95 bits per heavy atom. The maximum absolute atomic E-state index is 11.9. The molecule has 0 radical (unpaired) electrons. The summed E-state index contributed by atoms with van der Waals surface area (Å²) in [6.45, 7) is 0.0605. The van der Waals surface area contributed by atoms with E-state index in [4.69, 9.17) is 4.74 Å². The molecule has 7 heteroatoms. The fourth-order valence-corrected chi connectivity index (χ4v) is 2.11. The lowest BCUT2D eigenvalue weighted by Gasteiger charge is -2.05. The van der Waals surface area contributed by atoms with Gasteiger partial charge in [0.15, 0.2) is 5.78 Å². The second kappa shape index (κ2) is 7.78. The van der Waals surface area contributed by atoms with E-state index in [0.717, 1.165) is 6.26 Å². The maximum atomic E-state index is 11.9. The predicted molar refractivity (Wildman–Crippen MR) is 79.3 cm³/mol. The molecule has 0 atom stereocenters. The van der Waals surface area contributed by atoms with Gasteiger partial charge in [0.2, 0.25) is 5.91 Å². The van der Waals surface area contributed by atoms with Crippen LogP contribution in [0.1, 0.15) is 23.2 Å². The summed E-state index contributed by atoms with van der Waals surface area (Å²) in [6, 6.07) is 6.71. The van der Waals surface area contributed by atoms with Crippen LogP contribution in [0.25, 0.3) is 0 Å². The Balaban J connectivity index is 2.40. The number of amides is 1. The molecule has 6 nitrogen and oxygen atoms in total. The first-order valence-electron chi connectivity index (χ1n) is 6.43. The first kappa shape index (κ1) is 17.2. The molecule has 0 saturated carbocycles. The van der Waals surface area contributed by atoms with Gasteiger partial charge < -0.3 is 10.1 Å². The van der Waals surface area contributed by atoms with Crippen LogP contribution >= 0.6 is 0 Å².